The van der Waals surface area contributed by atoms with Gasteiger partial charge >= 0.3 is 12.1 Å². The van der Waals surface area contributed by atoms with Gasteiger partial charge in [-0.3, -0.25) is 4.90 Å². The van der Waals surface area contributed by atoms with Gasteiger partial charge in [-0.2, -0.15) is 0 Å². The smallest absolute Gasteiger partial charge is 0.411 e. The molecule has 5 nitrogen and oxygen atoms in total. The molecule has 0 radical (unpaired) electrons. The topological polar surface area (TPSA) is 66.8 Å². The first kappa shape index (κ1) is 14.5. The van der Waals surface area contributed by atoms with Crippen molar-refractivity contribution in [1.82, 2.24) is 4.90 Å². The maximum atomic E-state index is 11.9. The highest BCUT2D eigenvalue weighted by Crippen LogP contribution is 2.26. The molecule has 0 aliphatic carbocycles. The van der Waals surface area contributed by atoms with Crippen molar-refractivity contribution < 1.29 is 19.4 Å². The number of likely N-dealkylation sites (tertiary alicyclic amines) is 1. The molecule has 5 heteroatoms. The first-order valence-electron chi connectivity index (χ1n) is 6.10. The van der Waals surface area contributed by atoms with E-state index in [0.717, 1.165) is 0 Å². The van der Waals surface area contributed by atoms with E-state index in [1.54, 1.807) is 20.8 Å². The van der Waals surface area contributed by atoms with Crippen LogP contribution < -0.4 is 0 Å². The van der Waals surface area contributed by atoms with Gasteiger partial charge < -0.3 is 9.84 Å². The summed E-state index contributed by atoms with van der Waals surface area (Å²) in [7, 11) is 0. The fourth-order valence-electron chi connectivity index (χ4n) is 2.04. The van der Waals surface area contributed by atoms with Gasteiger partial charge in [-0.05, 0) is 40.0 Å². The molecule has 18 heavy (non-hydrogen) atoms. The first-order valence-corrected chi connectivity index (χ1v) is 6.10. The second kappa shape index (κ2) is 5.42. The van der Waals surface area contributed by atoms with Gasteiger partial charge in [-0.25, -0.2) is 9.59 Å². The van der Waals surface area contributed by atoms with Gasteiger partial charge in [0.15, 0.2) is 0 Å². The van der Waals surface area contributed by atoms with Gasteiger partial charge in [0.1, 0.15) is 11.6 Å². The lowest BCUT2D eigenvalue weighted by Crippen LogP contribution is -2.43. The van der Waals surface area contributed by atoms with Gasteiger partial charge in [-0.1, -0.05) is 12.2 Å². The van der Waals surface area contributed by atoms with Crippen LogP contribution in [0.5, 0.6) is 0 Å². The Hall–Kier alpha value is -1.52. The number of rotatable bonds is 2. The van der Waals surface area contributed by atoms with Crippen LogP contribution in [0.15, 0.2) is 12.2 Å². The van der Waals surface area contributed by atoms with Crippen molar-refractivity contribution in [2.24, 2.45) is 5.92 Å². The number of carbonyl (C=O) groups is 2. The molecule has 1 saturated heterocycles. The van der Waals surface area contributed by atoms with Gasteiger partial charge in [0.25, 0.3) is 0 Å². The summed E-state index contributed by atoms with van der Waals surface area (Å²) in [6.07, 6.45) is 3.70. The Morgan fingerprint density at radius 2 is 2.00 bits per heavy atom. The van der Waals surface area contributed by atoms with E-state index < -0.39 is 23.7 Å². The minimum absolute atomic E-state index is 0.0867. The maximum Gasteiger partial charge on any atom is 0.411 e. The molecule has 1 aliphatic heterocycles. The van der Waals surface area contributed by atoms with Crippen molar-refractivity contribution in [3.05, 3.63) is 12.2 Å². The number of allylic oxidation sites excluding steroid dienone is 1. The Balaban J connectivity index is 2.78. The lowest BCUT2D eigenvalue weighted by molar-refractivity contribution is -0.142. The normalized spacial score (nSPS) is 24.6. The SMILES string of the molecule is CC=CC1CC(C(=O)O)N(C(=O)OC(C)(C)C)C1. The molecule has 1 rings (SSSR count). The lowest BCUT2D eigenvalue weighted by Gasteiger charge is -2.26. The molecule has 2 atom stereocenters. The number of carboxylic acid groups (broad SMARTS) is 1. The third-order valence-electron chi connectivity index (χ3n) is 2.71. The van der Waals surface area contributed by atoms with E-state index in [2.05, 4.69) is 0 Å². The van der Waals surface area contributed by atoms with Crippen molar-refractivity contribution in [1.29, 1.82) is 0 Å². The quantitative estimate of drug-likeness (QED) is 0.769. The zero-order valence-corrected chi connectivity index (χ0v) is 11.3. The largest absolute Gasteiger partial charge is 0.480 e. The van der Waals surface area contributed by atoms with Crippen molar-refractivity contribution in [2.45, 2.75) is 45.8 Å². The van der Waals surface area contributed by atoms with Gasteiger partial charge in [0.05, 0.1) is 0 Å². The summed E-state index contributed by atoms with van der Waals surface area (Å²) in [6, 6.07) is -0.791. The highest BCUT2D eigenvalue weighted by Gasteiger charge is 2.40. The highest BCUT2D eigenvalue weighted by molar-refractivity contribution is 5.81. The van der Waals surface area contributed by atoms with Crippen molar-refractivity contribution in [3.63, 3.8) is 0 Å². The van der Waals surface area contributed by atoms with Crippen LogP contribution in [-0.2, 0) is 9.53 Å². The number of nitrogens with zero attached hydrogens (tertiary/aromatic N) is 1. The number of carbonyl (C=O) groups excluding carboxylic acids is 1. The summed E-state index contributed by atoms with van der Waals surface area (Å²) in [5.41, 5.74) is -0.612. The maximum absolute atomic E-state index is 11.9. The van der Waals surface area contributed by atoms with Crippen molar-refractivity contribution in [3.8, 4) is 0 Å². The molecule has 1 amide bonds. The fourth-order valence-corrected chi connectivity index (χ4v) is 2.04. The fraction of sp³-hybridized carbons (Fsp3) is 0.692. The summed E-state index contributed by atoms with van der Waals surface area (Å²) < 4.78 is 5.23. The predicted octanol–water partition coefficient (Wildman–Crippen LogP) is 2.27. The third-order valence-corrected chi connectivity index (χ3v) is 2.71. The van der Waals surface area contributed by atoms with Crippen molar-refractivity contribution >= 4 is 12.1 Å². The van der Waals surface area contributed by atoms with E-state index >= 15 is 0 Å². The molecule has 2 unspecified atom stereocenters. The molecule has 1 heterocycles. The highest BCUT2D eigenvalue weighted by atomic mass is 16.6. The number of hydrogen-bond donors (Lipinski definition) is 1. The van der Waals surface area contributed by atoms with Crippen LogP contribution >= 0.6 is 0 Å². The monoisotopic (exact) mass is 255 g/mol. The molecule has 1 N–H and O–H groups in total. The van der Waals surface area contributed by atoms with Crippen LogP contribution in [0.1, 0.15) is 34.1 Å². The first-order chi connectivity index (χ1) is 8.24. The summed E-state index contributed by atoms with van der Waals surface area (Å²) in [4.78, 5) is 24.4. The van der Waals surface area contributed by atoms with Gasteiger partial charge in [0.2, 0.25) is 0 Å². The second-order valence-electron chi connectivity index (χ2n) is 5.51. The average molecular weight is 255 g/mol. The van der Waals surface area contributed by atoms with E-state index in [0.29, 0.717) is 13.0 Å². The minimum Gasteiger partial charge on any atom is -0.480 e. The van der Waals surface area contributed by atoms with Gasteiger partial charge in [0, 0.05) is 6.54 Å². The molecular formula is C13H21NO4. The number of aliphatic carboxylic acids is 1. The lowest BCUT2D eigenvalue weighted by atomic mass is 10.1. The van der Waals surface area contributed by atoms with E-state index in [4.69, 9.17) is 9.84 Å². The average Bonchev–Trinajstić information content (AvgIpc) is 2.59. The van der Waals surface area contributed by atoms with Crippen LogP contribution in [0, 0.1) is 5.92 Å². The zero-order valence-electron chi connectivity index (χ0n) is 11.3. The Kier molecular flexibility index (Phi) is 4.38. The van der Waals surface area contributed by atoms with Crippen LogP contribution in [-0.4, -0.2) is 40.3 Å². The summed E-state index contributed by atoms with van der Waals surface area (Å²) in [6.45, 7) is 7.57. The summed E-state index contributed by atoms with van der Waals surface area (Å²) in [5.74, 6) is -0.892. The molecule has 0 bridgehead atoms. The molecule has 0 saturated carbocycles. The van der Waals surface area contributed by atoms with Crippen molar-refractivity contribution in [2.75, 3.05) is 6.54 Å². The molecule has 0 aromatic carbocycles. The van der Waals surface area contributed by atoms with E-state index in [-0.39, 0.29) is 5.92 Å². The molecule has 1 aliphatic rings. The van der Waals surface area contributed by atoms with E-state index in [1.165, 1.54) is 4.90 Å². The Morgan fingerprint density at radius 1 is 1.39 bits per heavy atom. The summed E-state index contributed by atoms with van der Waals surface area (Å²) >= 11 is 0. The molecular weight excluding hydrogens is 234 g/mol. The second-order valence-corrected chi connectivity index (χ2v) is 5.51. The van der Waals surface area contributed by atoms with E-state index in [1.807, 2.05) is 19.1 Å². The zero-order chi connectivity index (χ0) is 13.9. The Morgan fingerprint density at radius 3 is 2.44 bits per heavy atom. The number of ether oxygens (including phenoxy) is 1. The molecule has 0 aromatic heterocycles. The number of carboxylic acids is 1. The van der Waals surface area contributed by atoms with Crippen LogP contribution in [0.4, 0.5) is 4.79 Å². The van der Waals surface area contributed by atoms with Gasteiger partial charge in [-0.15, -0.1) is 0 Å². The Labute approximate surface area is 107 Å². The Bertz CT molecular complexity index is 356. The van der Waals surface area contributed by atoms with Crippen LogP contribution in [0.2, 0.25) is 0 Å². The standard InChI is InChI=1S/C13H21NO4/c1-5-6-9-7-10(11(15)16)14(8-9)12(17)18-13(2,3)4/h5-6,9-10H,7-8H2,1-4H3,(H,15,16). The summed E-state index contributed by atoms with van der Waals surface area (Å²) in [5, 5.41) is 9.14. The number of hydrogen-bond acceptors (Lipinski definition) is 3. The number of amides is 1. The molecule has 0 spiro atoms. The molecule has 0 aromatic rings. The third kappa shape index (κ3) is 3.75. The van der Waals surface area contributed by atoms with E-state index in [9.17, 15) is 9.59 Å². The molecule has 102 valence electrons. The molecule has 1 fully saturated rings. The van der Waals surface area contributed by atoms with Crippen LogP contribution in [0.3, 0.4) is 0 Å². The minimum atomic E-state index is -0.979. The predicted molar refractivity (Wildman–Crippen MR) is 67.3 cm³/mol. The van der Waals surface area contributed by atoms with Crippen LogP contribution in [0.25, 0.3) is 0 Å².